The molecule has 0 radical (unpaired) electrons. The highest BCUT2D eigenvalue weighted by atomic mass is 16.2. The number of hydrogen-bond donors (Lipinski definition) is 1. The molecular weight excluding hydrogens is 356 g/mol. The number of nitrogens with zero attached hydrogens (tertiary/aromatic N) is 1. The summed E-state index contributed by atoms with van der Waals surface area (Å²) in [5.41, 5.74) is 5.19. The monoisotopic (exact) mass is 384 g/mol. The molecule has 29 heavy (non-hydrogen) atoms. The van der Waals surface area contributed by atoms with Gasteiger partial charge in [0.25, 0.3) is 5.91 Å². The topological polar surface area (TPSA) is 32.3 Å². The molecule has 0 aromatic heterocycles. The number of rotatable bonds is 4. The molecule has 3 heteroatoms. The highest BCUT2D eigenvalue weighted by molar-refractivity contribution is 6.07. The van der Waals surface area contributed by atoms with E-state index >= 15 is 0 Å². The average Bonchev–Trinajstić information content (AvgIpc) is 2.76. The Morgan fingerprint density at radius 3 is 2.28 bits per heavy atom. The second kappa shape index (κ2) is 8.12. The van der Waals surface area contributed by atoms with Gasteiger partial charge in [-0.1, -0.05) is 67.9 Å². The minimum absolute atomic E-state index is 0.0781. The van der Waals surface area contributed by atoms with Gasteiger partial charge < -0.3 is 10.2 Å². The lowest BCUT2D eigenvalue weighted by Crippen LogP contribution is -2.50. The Morgan fingerprint density at radius 2 is 1.59 bits per heavy atom. The van der Waals surface area contributed by atoms with Gasteiger partial charge in [-0.2, -0.15) is 0 Å². The van der Waals surface area contributed by atoms with Crippen LogP contribution in [0.5, 0.6) is 0 Å². The second-order valence-electron chi connectivity index (χ2n) is 7.92. The number of fused-ring (bicyclic) bond motifs is 1. The Bertz CT molecular complexity index is 981. The van der Waals surface area contributed by atoms with Crippen LogP contribution in [0.3, 0.4) is 0 Å². The summed E-state index contributed by atoms with van der Waals surface area (Å²) in [4.78, 5) is 15.6. The molecule has 0 saturated carbocycles. The number of carbonyl (C=O) groups is 1. The van der Waals surface area contributed by atoms with Crippen LogP contribution >= 0.6 is 0 Å². The summed E-state index contributed by atoms with van der Waals surface area (Å²) in [7, 11) is 0. The maximum atomic E-state index is 13.6. The molecule has 1 heterocycles. The van der Waals surface area contributed by atoms with Crippen molar-refractivity contribution >= 4 is 17.3 Å². The van der Waals surface area contributed by atoms with Crippen molar-refractivity contribution in [2.75, 3.05) is 10.2 Å². The Morgan fingerprint density at radius 1 is 0.931 bits per heavy atom. The van der Waals surface area contributed by atoms with Gasteiger partial charge in [-0.05, 0) is 49.2 Å². The molecule has 3 nitrogen and oxygen atoms in total. The summed E-state index contributed by atoms with van der Waals surface area (Å²) in [5, 5.41) is 3.72. The Labute approximate surface area is 173 Å². The van der Waals surface area contributed by atoms with Gasteiger partial charge in [0, 0.05) is 28.9 Å². The smallest absolute Gasteiger partial charge is 0.258 e. The lowest BCUT2D eigenvalue weighted by Gasteiger charge is -2.45. The van der Waals surface area contributed by atoms with E-state index in [4.69, 9.17) is 0 Å². The quantitative estimate of drug-likeness (QED) is 0.579. The van der Waals surface area contributed by atoms with Gasteiger partial charge in [0.05, 0.1) is 6.04 Å². The van der Waals surface area contributed by atoms with Gasteiger partial charge >= 0.3 is 0 Å². The fourth-order valence-electron chi connectivity index (χ4n) is 4.46. The minimum Gasteiger partial charge on any atom is -0.378 e. The molecule has 4 rings (SSSR count). The molecule has 0 spiro atoms. The fraction of sp³-hybridized carbons (Fsp3) is 0.269. The average molecular weight is 385 g/mol. The van der Waals surface area contributed by atoms with Gasteiger partial charge in [-0.3, -0.25) is 4.79 Å². The zero-order chi connectivity index (χ0) is 20.4. The predicted octanol–water partition coefficient (Wildman–Crippen LogP) is 6.22. The van der Waals surface area contributed by atoms with Gasteiger partial charge in [-0.15, -0.1) is 0 Å². The summed E-state index contributed by atoms with van der Waals surface area (Å²) in [6.07, 6.45) is 0.903. The van der Waals surface area contributed by atoms with E-state index in [9.17, 15) is 4.79 Å². The summed E-state index contributed by atoms with van der Waals surface area (Å²) >= 11 is 0. The first-order valence-corrected chi connectivity index (χ1v) is 10.4. The minimum atomic E-state index is 0.0781. The SMILES string of the molecule is CC[C@@H]1[C@H](C)[C@@H](Nc2ccccc2)c2ccccc2N1C(=O)c1ccc(C)cc1. The second-order valence-corrected chi connectivity index (χ2v) is 7.92. The zero-order valence-electron chi connectivity index (χ0n) is 17.3. The van der Waals surface area contributed by atoms with E-state index in [1.807, 2.05) is 60.4 Å². The standard InChI is InChI=1S/C26H28N2O/c1-4-23-19(3)25(27-21-10-6-5-7-11-21)22-12-8-9-13-24(22)28(23)26(29)20-16-14-18(2)15-17-20/h5-17,19,23,25,27H,4H2,1-3H3/t19-,23+,25+/m0/s1. The molecule has 1 aliphatic rings. The van der Waals surface area contributed by atoms with Crippen LogP contribution in [0.2, 0.25) is 0 Å². The third-order valence-electron chi connectivity index (χ3n) is 6.03. The molecule has 0 aliphatic carbocycles. The number of para-hydroxylation sites is 2. The molecule has 0 unspecified atom stereocenters. The number of amides is 1. The van der Waals surface area contributed by atoms with Gasteiger partial charge in [0.1, 0.15) is 0 Å². The maximum absolute atomic E-state index is 13.6. The molecule has 1 N–H and O–H groups in total. The van der Waals surface area contributed by atoms with Crippen molar-refractivity contribution in [3.63, 3.8) is 0 Å². The largest absolute Gasteiger partial charge is 0.378 e. The van der Waals surface area contributed by atoms with E-state index in [1.165, 1.54) is 5.56 Å². The first-order valence-electron chi connectivity index (χ1n) is 10.4. The fourth-order valence-corrected chi connectivity index (χ4v) is 4.46. The number of anilines is 2. The molecule has 0 saturated heterocycles. The summed E-state index contributed by atoms with van der Waals surface area (Å²) in [6.45, 7) is 6.46. The molecule has 0 fully saturated rings. The molecule has 3 aromatic carbocycles. The Balaban J connectivity index is 1.76. The third-order valence-corrected chi connectivity index (χ3v) is 6.03. The van der Waals surface area contributed by atoms with Crippen LogP contribution in [0.25, 0.3) is 0 Å². The van der Waals surface area contributed by atoms with Crippen LogP contribution in [0.4, 0.5) is 11.4 Å². The van der Waals surface area contributed by atoms with Crippen molar-refractivity contribution in [1.29, 1.82) is 0 Å². The third kappa shape index (κ3) is 3.65. The predicted molar refractivity (Wildman–Crippen MR) is 120 cm³/mol. The van der Waals surface area contributed by atoms with Crippen LogP contribution in [0, 0.1) is 12.8 Å². The van der Waals surface area contributed by atoms with Crippen LogP contribution < -0.4 is 10.2 Å². The van der Waals surface area contributed by atoms with Crippen molar-refractivity contribution < 1.29 is 4.79 Å². The lowest BCUT2D eigenvalue weighted by molar-refractivity contribution is 0.0960. The molecule has 148 valence electrons. The summed E-state index contributed by atoms with van der Waals surface area (Å²) in [5.74, 6) is 0.346. The zero-order valence-corrected chi connectivity index (χ0v) is 17.3. The molecule has 3 aromatic rings. The number of carbonyl (C=O) groups excluding carboxylic acids is 1. The first kappa shape index (κ1) is 19.3. The van der Waals surface area contributed by atoms with E-state index in [-0.39, 0.29) is 23.9 Å². The summed E-state index contributed by atoms with van der Waals surface area (Å²) in [6, 6.07) is 26.8. The number of nitrogens with one attached hydrogen (secondary N) is 1. The number of aryl methyl sites for hydroxylation is 1. The van der Waals surface area contributed by atoms with Gasteiger partial charge in [0.15, 0.2) is 0 Å². The highest BCUT2D eigenvalue weighted by Crippen LogP contribution is 2.43. The van der Waals surface area contributed by atoms with Crippen molar-refractivity contribution in [2.45, 2.75) is 39.3 Å². The Kier molecular flexibility index (Phi) is 5.39. The molecule has 1 amide bonds. The maximum Gasteiger partial charge on any atom is 0.258 e. The van der Waals surface area contributed by atoms with E-state index in [1.54, 1.807) is 0 Å². The first-order chi connectivity index (χ1) is 14.1. The van der Waals surface area contributed by atoms with E-state index in [0.29, 0.717) is 0 Å². The van der Waals surface area contributed by atoms with Crippen LogP contribution in [0.1, 0.15) is 47.8 Å². The molecule has 1 aliphatic heterocycles. The van der Waals surface area contributed by atoms with Crippen molar-refractivity contribution in [3.8, 4) is 0 Å². The van der Waals surface area contributed by atoms with Crippen LogP contribution in [0.15, 0.2) is 78.9 Å². The molecular formula is C26H28N2O. The molecule has 0 bridgehead atoms. The normalized spacial score (nSPS) is 20.8. The van der Waals surface area contributed by atoms with E-state index < -0.39 is 0 Å². The van der Waals surface area contributed by atoms with Gasteiger partial charge in [0.2, 0.25) is 0 Å². The lowest BCUT2D eigenvalue weighted by atomic mass is 9.80. The van der Waals surface area contributed by atoms with Gasteiger partial charge in [-0.25, -0.2) is 0 Å². The molecule has 3 atom stereocenters. The van der Waals surface area contributed by atoms with Crippen LogP contribution in [-0.4, -0.2) is 11.9 Å². The number of benzene rings is 3. The van der Waals surface area contributed by atoms with Crippen LogP contribution in [-0.2, 0) is 0 Å². The number of hydrogen-bond acceptors (Lipinski definition) is 2. The van der Waals surface area contributed by atoms with E-state index in [0.717, 1.165) is 28.9 Å². The Hall–Kier alpha value is -3.07. The summed E-state index contributed by atoms with van der Waals surface area (Å²) < 4.78 is 0. The van der Waals surface area contributed by atoms with Crippen molar-refractivity contribution in [3.05, 3.63) is 95.6 Å². The van der Waals surface area contributed by atoms with E-state index in [2.05, 4.69) is 49.5 Å². The highest BCUT2D eigenvalue weighted by Gasteiger charge is 2.40. The van der Waals surface area contributed by atoms with Crippen molar-refractivity contribution in [2.24, 2.45) is 5.92 Å². The van der Waals surface area contributed by atoms with Crippen molar-refractivity contribution in [1.82, 2.24) is 0 Å².